The van der Waals surface area contributed by atoms with Gasteiger partial charge in [-0.25, -0.2) is 4.98 Å². The van der Waals surface area contributed by atoms with Crippen LogP contribution in [0.25, 0.3) is 10.6 Å². The molecule has 0 saturated carbocycles. The third kappa shape index (κ3) is 4.19. The van der Waals surface area contributed by atoms with Crippen LogP contribution >= 0.6 is 34.4 Å². The Labute approximate surface area is 131 Å². The lowest BCUT2D eigenvalue weighted by Gasteiger charge is -2.09. The number of aromatic nitrogens is 1. The summed E-state index contributed by atoms with van der Waals surface area (Å²) in [4.78, 5) is 16.3. The number of carbonyl (C=O) groups excluding carboxylic acids is 1. The average molecular weight is 324 g/mol. The van der Waals surface area contributed by atoms with Gasteiger partial charge in [-0.1, -0.05) is 6.08 Å². The molecule has 2 aromatic rings. The topological polar surface area (TPSA) is 42.0 Å². The summed E-state index contributed by atoms with van der Waals surface area (Å²) in [6, 6.07) is 2.08. The molecular formula is C14H16N2OS3. The quantitative estimate of drug-likeness (QED) is 0.788. The molecule has 0 radical (unpaired) electrons. The van der Waals surface area contributed by atoms with E-state index in [9.17, 15) is 4.79 Å². The van der Waals surface area contributed by atoms with Crippen LogP contribution in [0.15, 0.2) is 34.9 Å². The Balaban J connectivity index is 1.85. The third-order valence-corrected chi connectivity index (χ3v) is 5.39. The molecule has 1 atom stereocenters. The van der Waals surface area contributed by atoms with Gasteiger partial charge in [-0.15, -0.1) is 29.7 Å². The van der Waals surface area contributed by atoms with Gasteiger partial charge in [0.1, 0.15) is 5.01 Å². The number of carbonyl (C=O) groups is 1. The zero-order valence-corrected chi connectivity index (χ0v) is 13.6. The predicted molar refractivity (Wildman–Crippen MR) is 89.4 cm³/mol. The molecule has 0 aromatic carbocycles. The Morgan fingerprint density at radius 1 is 1.60 bits per heavy atom. The summed E-state index contributed by atoms with van der Waals surface area (Å²) in [5.41, 5.74) is 2.21. The Hall–Kier alpha value is -1.11. The molecule has 106 valence electrons. The molecule has 1 unspecified atom stereocenters. The first kappa shape index (κ1) is 15.3. The highest BCUT2D eigenvalue weighted by Gasteiger charge is 2.13. The van der Waals surface area contributed by atoms with E-state index in [0.29, 0.717) is 6.54 Å². The SMILES string of the molecule is C=CCNC(=O)C(C)SCc1csc(-c2ccsc2)n1. The van der Waals surface area contributed by atoms with Gasteiger partial charge in [-0.3, -0.25) is 4.79 Å². The van der Waals surface area contributed by atoms with Gasteiger partial charge in [0.2, 0.25) is 5.91 Å². The minimum absolute atomic E-state index is 0.0446. The third-order valence-electron chi connectivity index (χ3n) is 2.59. The second-order valence-corrected chi connectivity index (χ2v) is 7.11. The standard InChI is InChI=1S/C14H16N2OS3/c1-3-5-15-13(17)10(2)19-8-12-9-20-14(16-12)11-4-6-18-7-11/h3-4,6-7,9-10H,1,5,8H2,2H3,(H,15,17). The van der Waals surface area contributed by atoms with Gasteiger partial charge in [-0.05, 0) is 18.4 Å². The van der Waals surface area contributed by atoms with Gasteiger partial charge in [-0.2, -0.15) is 11.3 Å². The van der Waals surface area contributed by atoms with E-state index in [1.807, 2.05) is 6.92 Å². The molecule has 0 spiro atoms. The molecule has 2 aromatic heterocycles. The monoisotopic (exact) mass is 324 g/mol. The fourth-order valence-corrected chi connectivity index (χ4v) is 3.94. The summed E-state index contributed by atoms with van der Waals surface area (Å²) in [6.45, 7) is 6.01. The summed E-state index contributed by atoms with van der Waals surface area (Å²) >= 11 is 4.92. The molecule has 1 N–H and O–H groups in total. The number of thiazole rings is 1. The zero-order valence-electron chi connectivity index (χ0n) is 11.2. The average Bonchev–Trinajstić information content (AvgIpc) is 3.12. The second kappa shape index (κ2) is 7.61. The van der Waals surface area contributed by atoms with E-state index in [0.717, 1.165) is 16.5 Å². The highest BCUT2D eigenvalue weighted by molar-refractivity contribution is 7.99. The first-order chi connectivity index (χ1) is 9.70. The van der Waals surface area contributed by atoms with Crippen molar-refractivity contribution in [3.8, 4) is 10.6 Å². The van der Waals surface area contributed by atoms with Crippen molar-refractivity contribution in [3.63, 3.8) is 0 Å². The van der Waals surface area contributed by atoms with Crippen LogP contribution in [-0.4, -0.2) is 22.7 Å². The van der Waals surface area contributed by atoms with Crippen LogP contribution in [-0.2, 0) is 10.5 Å². The van der Waals surface area contributed by atoms with E-state index < -0.39 is 0 Å². The van der Waals surface area contributed by atoms with Gasteiger partial charge in [0.05, 0.1) is 10.9 Å². The van der Waals surface area contributed by atoms with Crippen molar-refractivity contribution in [2.24, 2.45) is 0 Å². The highest BCUT2D eigenvalue weighted by atomic mass is 32.2. The molecule has 0 aliphatic rings. The molecule has 2 rings (SSSR count). The summed E-state index contributed by atoms with van der Waals surface area (Å²) in [5.74, 6) is 0.798. The molecule has 1 amide bonds. The number of nitrogens with zero attached hydrogens (tertiary/aromatic N) is 1. The Morgan fingerprint density at radius 3 is 3.15 bits per heavy atom. The van der Waals surface area contributed by atoms with Crippen molar-refractivity contribution < 1.29 is 4.79 Å². The van der Waals surface area contributed by atoms with Crippen LogP contribution < -0.4 is 5.32 Å². The molecule has 0 fully saturated rings. The molecule has 0 bridgehead atoms. The first-order valence-electron chi connectivity index (χ1n) is 6.18. The van der Waals surface area contributed by atoms with Crippen molar-refractivity contribution in [2.75, 3.05) is 6.54 Å². The lowest BCUT2D eigenvalue weighted by molar-refractivity contribution is -0.120. The van der Waals surface area contributed by atoms with Crippen molar-refractivity contribution in [3.05, 3.63) is 40.6 Å². The van der Waals surface area contributed by atoms with E-state index in [4.69, 9.17) is 0 Å². The molecule has 0 saturated heterocycles. The molecule has 3 nitrogen and oxygen atoms in total. The van der Waals surface area contributed by atoms with Gasteiger partial charge in [0.15, 0.2) is 0 Å². The molecule has 0 aliphatic carbocycles. The number of amides is 1. The lowest BCUT2D eigenvalue weighted by atomic mass is 10.4. The summed E-state index contributed by atoms with van der Waals surface area (Å²) in [7, 11) is 0. The molecular weight excluding hydrogens is 308 g/mol. The minimum Gasteiger partial charge on any atom is -0.352 e. The maximum Gasteiger partial charge on any atom is 0.233 e. The Morgan fingerprint density at radius 2 is 2.45 bits per heavy atom. The summed E-state index contributed by atoms with van der Waals surface area (Å²) in [6.07, 6.45) is 1.68. The van der Waals surface area contributed by atoms with E-state index in [2.05, 4.69) is 39.1 Å². The summed E-state index contributed by atoms with van der Waals surface area (Å²) < 4.78 is 0. The fraction of sp³-hybridized carbons (Fsp3) is 0.286. The maximum atomic E-state index is 11.7. The van der Waals surface area contributed by atoms with Gasteiger partial charge in [0.25, 0.3) is 0 Å². The number of thioether (sulfide) groups is 1. The fourth-order valence-electron chi connectivity index (χ4n) is 1.49. The van der Waals surface area contributed by atoms with E-state index in [1.165, 1.54) is 5.56 Å². The minimum atomic E-state index is -0.0822. The van der Waals surface area contributed by atoms with Crippen LogP contribution in [0.5, 0.6) is 0 Å². The van der Waals surface area contributed by atoms with Crippen LogP contribution in [0.2, 0.25) is 0 Å². The Bertz CT molecular complexity index is 563. The van der Waals surface area contributed by atoms with Crippen LogP contribution in [0, 0.1) is 0 Å². The normalized spacial score (nSPS) is 12.1. The smallest absolute Gasteiger partial charge is 0.233 e. The lowest BCUT2D eigenvalue weighted by Crippen LogP contribution is -2.30. The highest BCUT2D eigenvalue weighted by Crippen LogP contribution is 2.27. The van der Waals surface area contributed by atoms with Crippen molar-refractivity contribution in [2.45, 2.75) is 17.9 Å². The molecule has 2 heterocycles. The number of rotatable bonds is 7. The molecule has 6 heteroatoms. The van der Waals surface area contributed by atoms with Crippen molar-refractivity contribution in [1.82, 2.24) is 10.3 Å². The molecule has 20 heavy (non-hydrogen) atoms. The summed E-state index contributed by atoms with van der Waals surface area (Å²) in [5, 5.41) is 9.98. The maximum absolute atomic E-state index is 11.7. The zero-order chi connectivity index (χ0) is 14.4. The number of hydrogen-bond donors (Lipinski definition) is 1. The van der Waals surface area contributed by atoms with Crippen molar-refractivity contribution in [1.29, 1.82) is 0 Å². The van der Waals surface area contributed by atoms with E-state index in [-0.39, 0.29) is 11.2 Å². The number of thiophene rings is 1. The van der Waals surface area contributed by atoms with E-state index in [1.54, 1.807) is 40.5 Å². The van der Waals surface area contributed by atoms with Crippen LogP contribution in [0.3, 0.4) is 0 Å². The largest absolute Gasteiger partial charge is 0.352 e. The Kier molecular flexibility index (Phi) is 5.82. The number of hydrogen-bond acceptors (Lipinski definition) is 5. The van der Waals surface area contributed by atoms with Gasteiger partial charge >= 0.3 is 0 Å². The van der Waals surface area contributed by atoms with Gasteiger partial charge < -0.3 is 5.32 Å². The predicted octanol–water partition coefficient (Wildman–Crippen LogP) is 3.80. The van der Waals surface area contributed by atoms with Crippen LogP contribution in [0.4, 0.5) is 0 Å². The van der Waals surface area contributed by atoms with Crippen molar-refractivity contribution >= 4 is 40.3 Å². The van der Waals surface area contributed by atoms with E-state index >= 15 is 0 Å². The van der Waals surface area contributed by atoms with Crippen LogP contribution in [0.1, 0.15) is 12.6 Å². The van der Waals surface area contributed by atoms with Gasteiger partial charge in [0, 0.05) is 28.6 Å². The number of nitrogens with one attached hydrogen (secondary N) is 1. The second-order valence-electron chi connectivity index (χ2n) is 4.14. The first-order valence-corrected chi connectivity index (χ1v) is 9.05. The molecule has 0 aliphatic heterocycles.